The van der Waals surface area contributed by atoms with E-state index < -0.39 is 17.8 Å². The van der Waals surface area contributed by atoms with E-state index in [1.807, 2.05) is 18.2 Å². The van der Waals surface area contributed by atoms with E-state index in [2.05, 4.69) is 21.9 Å². The van der Waals surface area contributed by atoms with E-state index in [-0.39, 0.29) is 11.7 Å². The SMILES string of the molecule is COCCN1C(=O)C(C(c2ccccc2F)N2CCN(c3ccccc3)CC2)C(=O)C=C1C. The minimum Gasteiger partial charge on any atom is -0.383 e. The van der Waals surface area contributed by atoms with Gasteiger partial charge in [0.25, 0.3) is 0 Å². The van der Waals surface area contributed by atoms with Gasteiger partial charge in [0.05, 0.1) is 12.6 Å². The van der Waals surface area contributed by atoms with E-state index in [0.717, 1.165) is 18.8 Å². The molecule has 2 unspecified atom stereocenters. The fourth-order valence-corrected chi connectivity index (χ4v) is 4.80. The molecule has 2 aliphatic rings. The van der Waals surface area contributed by atoms with Gasteiger partial charge in [-0.05, 0) is 25.1 Å². The van der Waals surface area contributed by atoms with Gasteiger partial charge in [0.1, 0.15) is 11.7 Å². The van der Waals surface area contributed by atoms with Gasteiger partial charge in [-0.25, -0.2) is 4.39 Å². The van der Waals surface area contributed by atoms with Crippen molar-refractivity contribution in [1.29, 1.82) is 0 Å². The highest BCUT2D eigenvalue weighted by Crippen LogP contribution is 2.36. The first kappa shape index (κ1) is 23.1. The number of nitrogens with zero attached hydrogens (tertiary/aromatic N) is 3. The second kappa shape index (κ2) is 10.3. The number of benzene rings is 2. The molecule has 33 heavy (non-hydrogen) atoms. The molecule has 6 nitrogen and oxygen atoms in total. The molecule has 0 aliphatic carbocycles. The monoisotopic (exact) mass is 451 g/mol. The van der Waals surface area contributed by atoms with E-state index in [9.17, 15) is 9.59 Å². The van der Waals surface area contributed by atoms with Crippen molar-refractivity contribution in [3.8, 4) is 0 Å². The summed E-state index contributed by atoms with van der Waals surface area (Å²) in [4.78, 5) is 32.7. The number of allylic oxidation sites excluding steroid dienone is 2. The van der Waals surface area contributed by atoms with Crippen LogP contribution < -0.4 is 4.90 Å². The Balaban J connectivity index is 1.65. The number of methoxy groups -OCH3 is 1. The third kappa shape index (κ3) is 4.84. The number of rotatable bonds is 7. The molecular formula is C26H30FN3O3. The standard InChI is InChI=1S/C26H30FN3O3/c1-19-18-23(31)24(26(32)30(19)16-17-33-2)25(21-10-6-7-11-22(21)27)29-14-12-28(13-15-29)20-8-4-3-5-9-20/h3-11,18,24-25H,12-17H2,1-2H3. The minimum atomic E-state index is -0.995. The van der Waals surface area contributed by atoms with E-state index in [0.29, 0.717) is 37.5 Å². The van der Waals surface area contributed by atoms with Crippen molar-refractivity contribution in [2.45, 2.75) is 13.0 Å². The minimum absolute atomic E-state index is 0.273. The van der Waals surface area contributed by atoms with Gasteiger partial charge >= 0.3 is 0 Å². The van der Waals surface area contributed by atoms with Crippen molar-refractivity contribution >= 4 is 17.4 Å². The van der Waals surface area contributed by atoms with Crippen molar-refractivity contribution < 1.29 is 18.7 Å². The highest BCUT2D eigenvalue weighted by molar-refractivity contribution is 6.10. The average molecular weight is 452 g/mol. The van der Waals surface area contributed by atoms with Gasteiger partial charge in [-0.2, -0.15) is 0 Å². The Kier molecular flexibility index (Phi) is 7.20. The third-order valence-corrected chi connectivity index (χ3v) is 6.50. The summed E-state index contributed by atoms with van der Waals surface area (Å²) in [5.41, 5.74) is 2.12. The number of carbonyl (C=O) groups excluding carboxylic acids is 2. The van der Waals surface area contributed by atoms with Crippen molar-refractivity contribution in [2.75, 3.05) is 51.3 Å². The van der Waals surface area contributed by atoms with Gasteiger partial charge in [0.2, 0.25) is 5.91 Å². The quantitative estimate of drug-likeness (QED) is 0.605. The first-order valence-corrected chi connectivity index (χ1v) is 11.3. The Hall–Kier alpha value is -3.03. The van der Waals surface area contributed by atoms with Gasteiger partial charge in [0, 0.05) is 62.9 Å². The zero-order valence-electron chi connectivity index (χ0n) is 19.1. The van der Waals surface area contributed by atoms with Crippen molar-refractivity contribution in [2.24, 2.45) is 5.92 Å². The molecule has 2 aliphatic heterocycles. The Morgan fingerprint density at radius 3 is 2.33 bits per heavy atom. The average Bonchev–Trinajstić information content (AvgIpc) is 2.83. The molecule has 2 atom stereocenters. The topological polar surface area (TPSA) is 53.1 Å². The van der Waals surface area contributed by atoms with Crippen LogP contribution in [0.3, 0.4) is 0 Å². The maximum atomic E-state index is 15.0. The number of hydrogen-bond donors (Lipinski definition) is 0. The number of carbonyl (C=O) groups is 2. The normalized spacial score (nSPS) is 20.7. The Morgan fingerprint density at radius 2 is 1.67 bits per heavy atom. The van der Waals surface area contributed by atoms with Crippen LogP contribution in [0.1, 0.15) is 18.5 Å². The number of piperazine rings is 1. The molecule has 0 aromatic heterocycles. The van der Waals surface area contributed by atoms with Gasteiger partial charge < -0.3 is 14.5 Å². The first-order valence-electron chi connectivity index (χ1n) is 11.3. The van der Waals surface area contributed by atoms with Gasteiger partial charge in [0.15, 0.2) is 5.78 Å². The van der Waals surface area contributed by atoms with Crippen molar-refractivity contribution in [3.05, 3.63) is 77.8 Å². The molecule has 0 saturated carbocycles. The number of ether oxygens (including phenoxy) is 1. The van der Waals surface area contributed by atoms with Crippen LogP contribution in [-0.2, 0) is 14.3 Å². The van der Waals surface area contributed by atoms with Crippen LogP contribution in [0.15, 0.2) is 66.4 Å². The second-order valence-electron chi connectivity index (χ2n) is 8.47. The van der Waals surface area contributed by atoms with Crippen LogP contribution in [0.5, 0.6) is 0 Å². The fourth-order valence-electron chi connectivity index (χ4n) is 4.80. The molecule has 7 heteroatoms. The molecule has 2 heterocycles. The van der Waals surface area contributed by atoms with E-state index in [1.165, 1.54) is 12.1 Å². The van der Waals surface area contributed by atoms with Gasteiger partial charge in [-0.3, -0.25) is 14.5 Å². The largest absolute Gasteiger partial charge is 0.383 e. The summed E-state index contributed by atoms with van der Waals surface area (Å²) < 4.78 is 20.2. The third-order valence-electron chi connectivity index (χ3n) is 6.50. The Labute approximate surface area is 194 Å². The molecule has 0 bridgehead atoms. The molecule has 2 aromatic carbocycles. The summed E-state index contributed by atoms with van der Waals surface area (Å²) in [5, 5.41) is 0. The van der Waals surface area contributed by atoms with E-state index in [4.69, 9.17) is 4.74 Å². The lowest BCUT2D eigenvalue weighted by atomic mass is 9.84. The first-order chi connectivity index (χ1) is 16.0. The summed E-state index contributed by atoms with van der Waals surface area (Å²) in [6, 6.07) is 15.9. The number of hydrogen-bond acceptors (Lipinski definition) is 5. The van der Waals surface area contributed by atoms with Crippen LogP contribution in [0, 0.1) is 11.7 Å². The van der Waals surface area contributed by atoms with Crippen LogP contribution >= 0.6 is 0 Å². The maximum Gasteiger partial charge on any atom is 0.239 e. The highest BCUT2D eigenvalue weighted by atomic mass is 19.1. The highest BCUT2D eigenvalue weighted by Gasteiger charge is 2.44. The van der Waals surface area contributed by atoms with Gasteiger partial charge in [-0.1, -0.05) is 36.4 Å². The van der Waals surface area contributed by atoms with Crippen LogP contribution in [0.4, 0.5) is 10.1 Å². The van der Waals surface area contributed by atoms with Crippen LogP contribution in [0.25, 0.3) is 0 Å². The lowest BCUT2D eigenvalue weighted by Gasteiger charge is -2.44. The second-order valence-corrected chi connectivity index (χ2v) is 8.47. The number of para-hydroxylation sites is 1. The van der Waals surface area contributed by atoms with Crippen LogP contribution in [-0.4, -0.2) is 67.9 Å². The molecule has 0 radical (unpaired) electrons. The smallest absolute Gasteiger partial charge is 0.239 e. The molecule has 0 spiro atoms. The summed E-state index contributed by atoms with van der Waals surface area (Å²) in [6.45, 7) is 5.15. The Bertz CT molecular complexity index is 1020. The molecule has 1 amide bonds. The number of ketones is 1. The zero-order chi connectivity index (χ0) is 23.4. The molecule has 1 saturated heterocycles. The predicted octanol–water partition coefficient (Wildman–Crippen LogP) is 3.27. The predicted molar refractivity (Wildman–Crippen MR) is 125 cm³/mol. The zero-order valence-corrected chi connectivity index (χ0v) is 19.1. The maximum absolute atomic E-state index is 15.0. The Morgan fingerprint density at radius 1 is 1.00 bits per heavy atom. The lowest BCUT2D eigenvalue weighted by Crippen LogP contribution is -2.54. The summed E-state index contributed by atoms with van der Waals surface area (Å²) in [5.74, 6) is -1.96. The van der Waals surface area contributed by atoms with Crippen molar-refractivity contribution in [1.82, 2.24) is 9.80 Å². The van der Waals surface area contributed by atoms with Gasteiger partial charge in [-0.15, -0.1) is 0 Å². The lowest BCUT2D eigenvalue weighted by molar-refractivity contribution is -0.143. The molecule has 174 valence electrons. The van der Waals surface area contributed by atoms with E-state index >= 15 is 4.39 Å². The number of anilines is 1. The van der Waals surface area contributed by atoms with E-state index in [1.54, 1.807) is 37.1 Å². The molecule has 0 N–H and O–H groups in total. The summed E-state index contributed by atoms with van der Waals surface area (Å²) in [6.07, 6.45) is 1.51. The number of halogens is 1. The van der Waals surface area contributed by atoms with Crippen LogP contribution in [0.2, 0.25) is 0 Å². The molecule has 4 rings (SSSR count). The fraction of sp³-hybridized carbons (Fsp3) is 0.385. The molecule has 2 aromatic rings. The summed E-state index contributed by atoms with van der Waals surface area (Å²) >= 11 is 0. The summed E-state index contributed by atoms with van der Waals surface area (Å²) in [7, 11) is 1.57. The molecular weight excluding hydrogens is 421 g/mol. The number of amides is 1. The molecule has 1 fully saturated rings. The van der Waals surface area contributed by atoms with Crippen molar-refractivity contribution in [3.63, 3.8) is 0 Å².